The van der Waals surface area contributed by atoms with Gasteiger partial charge < -0.3 is 16.2 Å². The molecule has 6 nitrogen and oxygen atoms in total. The zero-order valence-corrected chi connectivity index (χ0v) is 12.0. The highest BCUT2D eigenvalue weighted by Gasteiger charge is 2.27. The van der Waals surface area contributed by atoms with Crippen molar-refractivity contribution in [3.8, 4) is 0 Å². The molecule has 1 fully saturated rings. The number of rotatable bonds is 6. The molecule has 2 unspecified atom stereocenters. The van der Waals surface area contributed by atoms with Crippen molar-refractivity contribution in [2.45, 2.75) is 39.0 Å². The Morgan fingerprint density at radius 3 is 2.95 bits per heavy atom. The molecule has 0 spiro atoms. The fourth-order valence-electron chi connectivity index (χ4n) is 2.93. The molecule has 2 rings (SSSR count). The van der Waals surface area contributed by atoms with Gasteiger partial charge in [-0.25, -0.2) is 0 Å². The van der Waals surface area contributed by atoms with E-state index in [1.54, 1.807) is 0 Å². The van der Waals surface area contributed by atoms with E-state index in [1.165, 1.54) is 0 Å². The molecule has 0 saturated heterocycles. The average Bonchev–Trinajstić information content (AvgIpc) is 3.04. The van der Waals surface area contributed by atoms with E-state index in [4.69, 9.17) is 5.73 Å². The van der Waals surface area contributed by atoms with Crippen LogP contribution in [0.15, 0.2) is 0 Å². The maximum atomic E-state index is 12.1. The SMILES string of the molecule is CCCc1[nH]nc(C(=O)NCC2CCCC2CO)c1N. The smallest absolute Gasteiger partial charge is 0.273 e. The molecular weight excluding hydrogens is 256 g/mol. The number of anilines is 1. The van der Waals surface area contributed by atoms with Crippen LogP contribution >= 0.6 is 0 Å². The maximum absolute atomic E-state index is 12.1. The third-order valence-electron chi connectivity index (χ3n) is 4.17. The van der Waals surface area contributed by atoms with E-state index in [0.29, 0.717) is 24.1 Å². The van der Waals surface area contributed by atoms with Crippen molar-refractivity contribution < 1.29 is 9.90 Å². The summed E-state index contributed by atoms with van der Waals surface area (Å²) in [5, 5.41) is 19.0. The molecule has 0 bridgehead atoms. The third kappa shape index (κ3) is 3.12. The van der Waals surface area contributed by atoms with Crippen LogP contribution in [0.3, 0.4) is 0 Å². The second kappa shape index (κ2) is 6.74. The van der Waals surface area contributed by atoms with Crippen LogP contribution in [-0.4, -0.2) is 34.4 Å². The molecule has 112 valence electrons. The summed E-state index contributed by atoms with van der Waals surface area (Å²) in [6.45, 7) is 2.83. The second-order valence-corrected chi connectivity index (χ2v) is 5.56. The summed E-state index contributed by atoms with van der Waals surface area (Å²) in [6, 6.07) is 0. The van der Waals surface area contributed by atoms with Crippen molar-refractivity contribution in [2.75, 3.05) is 18.9 Å². The number of aromatic amines is 1. The molecule has 1 heterocycles. The number of nitrogens with one attached hydrogen (secondary N) is 2. The molecule has 0 aliphatic heterocycles. The lowest BCUT2D eigenvalue weighted by Gasteiger charge is -2.17. The Hall–Kier alpha value is -1.56. The Morgan fingerprint density at radius 2 is 2.25 bits per heavy atom. The highest BCUT2D eigenvalue weighted by molar-refractivity contribution is 5.97. The molecular formula is C14H24N4O2. The number of H-pyrrole nitrogens is 1. The molecule has 1 aromatic heterocycles. The lowest BCUT2D eigenvalue weighted by atomic mass is 9.97. The Morgan fingerprint density at radius 1 is 1.50 bits per heavy atom. The first kappa shape index (κ1) is 14.8. The summed E-state index contributed by atoms with van der Waals surface area (Å²) >= 11 is 0. The Bertz CT molecular complexity index is 458. The highest BCUT2D eigenvalue weighted by Crippen LogP contribution is 2.30. The predicted octanol–water partition coefficient (Wildman–Crippen LogP) is 1.08. The largest absolute Gasteiger partial charge is 0.396 e. The molecule has 20 heavy (non-hydrogen) atoms. The number of hydrogen-bond acceptors (Lipinski definition) is 4. The van der Waals surface area contributed by atoms with Crippen LogP contribution in [0.4, 0.5) is 5.69 Å². The first-order chi connectivity index (χ1) is 9.67. The molecule has 5 N–H and O–H groups in total. The maximum Gasteiger partial charge on any atom is 0.273 e. The van der Waals surface area contributed by atoms with Crippen LogP contribution in [0.1, 0.15) is 48.8 Å². The van der Waals surface area contributed by atoms with Crippen molar-refractivity contribution >= 4 is 11.6 Å². The standard InChI is InChI=1S/C14H24N4O2/c1-2-4-11-12(15)13(18-17-11)14(20)16-7-9-5-3-6-10(9)8-19/h9-10,19H,2-8,15H2,1H3,(H,16,20)(H,17,18). The summed E-state index contributed by atoms with van der Waals surface area (Å²) < 4.78 is 0. The van der Waals surface area contributed by atoms with Gasteiger partial charge in [-0.15, -0.1) is 0 Å². The van der Waals surface area contributed by atoms with E-state index >= 15 is 0 Å². The van der Waals surface area contributed by atoms with Crippen molar-refractivity contribution in [3.63, 3.8) is 0 Å². The summed E-state index contributed by atoms with van der Waals surface area (Å²) in [5.41, 5.74) is 7.50. The number of aliphatic hydroxyl groups excluding tert-OH is 1. The Kier molecular flexibility index (Phi) is 5.00. The van der Waals surface area contributed by atoms with E-state index in [1.807, 2.05) is 0 Å². The van der Waals surface area contributed by atoms with Crippen LogP contribution < -0.4 is 11.1 Å². The van der Waals surface area contributed by atoms with Crippen LogP contribution in [0.2, 0.25) is 0 Å². The quantitative estimate of drug-likeness (QED) is 0.626. The fourth-order valence-corrected chi connectivity index (χ4v) is 2.93. The lowest BCUT2D eigenvalue weighted by molar-refractivity contribution is 0.0933. The zero-order chi connectivity index (χ0) is 14.5. The monoisotopic (exact) mass is 280 g/mol. The molecule has 0 aromatic carbocycles. The van der Waals surface area contributed by atoms with Crippen LogP contribution in [0.25, 0.3) is 0 Å². The number of nitrogens with zero attached hydrogens (tertiary/aromatic N) is 1. The zero-order valence-electron chi connectivity index (χ0n) is 12.0. The lowest BCUT2D eigenvalue weighted by Crippen LogP contribution is -2.32. The van der Waals surface area contributed by atoms with Gasteiger partial charge >= 0.3 is 0 Å². The van der Waals surface area contributed by atoms with E-state index in [9.17, 15) is 9.90 Å². The van der Waals surface area contributed by atoms with Crippen molar-refractivity contribution in [1.82, 2.24) is 15.5 Å². The summed E-state index contributed by atoms with van der Waals surface area (Å²) in [7, 11) is 0. The van der Waals surface area contributed by atoms with Crippen molar-refractivity contribution in [2.24, 2.45) is 11.8 Å². The average molecular weight is 280 g/mol. The predicted molar refractivity (Wildman–Crippen MR) is 77.2 cm³/mol. The minimum Gasteiger partial charge on any atom is -0.396 e. The molecule has 1 aliphatic carbocycles. The number of nitrogen functional groups attached to an aromatic ring is 1. The number of aryl methyl sites for hydroxylation is 1. The Labute approximate surface area is 119 Å². The number of aromatic nitrogens is 2. The molecule has 0 radical (unpaired) electrons. The van der Waals surface area contributed by atoms with Crippen molar-refractivity contribution in [1.29, 1.82) is 0 Å². The van der Waals surface area contributed by atoms with Gasteiger partial charge in [0.15, 0.2) is 5.69 Å². The number of nitrogens with two attached hydrogens (primary N) is 1. The Balaban J connectivity index is 1.91. The van der Waals surface area contributed by atoms with E-state index in [2.05, 4.69) is 22.4 Å². The van der Waals surface area contributed by atoms with Crippen LogP contribution in [-0.2, 0) is 6.42 Å². The fraction of sp³-hybridized carbons (Fsp3) is 0.714. The van der Waals surface area contributed by atoms with Gasteiger partial charge in [-0.3, -0.25) is 9.89 Å². The second-order valence-electron chi connectivity index (χ2n) is 5.56. The van der Waals surface area contributed by atoms with E-state index in [0.717, 1.165) is 37.8 Å². The summed E-state index contributed by atoms with van der Waals surface area (Å²) in [4.78, 5) is 12.1. The normalized spacial score (nSPS) is 22.1. The van der Waals surface area contributed by atoms with Gasteiger partial charge in [-0.1, -0.05) is 19.8 Å². The number of carbonyl (C=O) groups is 1. The number of aliphatic hydroxyl groups is 1. The molecule has 1 amide bonds. The summed E-state index contributed by atoms with van der Waals surface area (Å²) in [6.07, 6.45) is 4.97. The molecule has 1 aromatic rings. The minimum absolute atomic E-state index is 0.200. The van der Waals surface area contributed by atoms with Crippen LogP contribution in [0, 0.1) is 11.8 Å². The summed E-state index contributed by atoms with van der Waals surface area (Å²) in [5.74, 6) is 0.436. The number of hydrogen-bond donors (Lipinski definition) is 4. The van der Waals surface area contributed by atoms with Gasteiger partial charge in [0.25, 0.3) is 5.91 Å². The molecule has 6 heteroatoms. The van der Waals surface area contributed by atoms with Gasteiger partial charge in [-0.05, 0) is 31.1 Å². The van der Waals surface area contributed by atoms with Gasteiger partial charge in [0.1, 0.15) is 0 Å². The van der Waals surface area contributed by atoms with Gasteiger partial charge in [-0.2, -0.15) is 5.10 Å². The van der Waals surface area contributed by atoms with E-state index in [-0.39, 0.29) is 18.2 Å². The highest BCUT2D eigenvalue weighted by atomic mass is 16.3. The third-order valence-corrected chi connectivity index (χ3v) is 4.17. The molecule has 1 aliphatic rings. The molecule has 2 atom stereocenters. The number of amides is 1. The number of carbonyl (C=O) groups excluding carboxylic acids is 1. The van der Waals surface area contributed by atoms with Crippen molar-refractivity contribution in [3.05, 3.63) is 11.4 Å². The van der Waals surface area contributed by atoms with Gasteiger partial charge in [0, 0.05) is 13.2 Å². The van der Waals surface area contributed by atoms with Gasteiger partial charge in [0.2, 0.25) is 0 Å². The topological polar surface area (TPSA) is 104 Å². The van der Waals surface area contributed by atoms with E-state index < -0.39 is 0 Å². The molecule has 1 saturated carbocycles. The van der Waals surface area contributed by atoms with Gasteiger partial charge in [0.05, 0.1) is 11.4 Å². The van der Waals surface area contributed by atoms with Crippen LogP contribution in [0.5, 0.6) is 0 Å². The first-order valence-corrected chi connectivity index (χ1v) is 7.39. The minimum atomic E-state index is -0.232. The first-order valence-electron chi connectivity index (χ1n) is 7.39.